The Morgan fingerprint density at radius 3 is 2.86 bits per heavy atom. The van der Waals surface area contributed by atoms with E-state index in [0.717, 1.165) is 35.0 Å². The first-order valence-electron chi connectivity index (χ1n) is 9.53. The summed E-state index contributed by atoms with van der Waals surface area (Å²) in [6, 6.07) is 13.7. The van der Waals surface area contributed by atoms with Gasteiger partial charge in [-0.3, -0.25) is 9.59 Å². The van der Waals surface area contributed by atoms with Crippen LogP contribution in [-0.4, -0.2) is 23.0 Å². The summed E-state index contributed by atoms with van der Waals surface area (Å²) in [6.45, 7) is 2.05. The molecule has 2 aromatic carbocycles. The number of nitrogens with zero attached hydrogens (tertiary/aromatic N) is 1. The zero-order chi connectivity index (χ0) is 19.3. The largest absolute Gasteiger partial charge is 0.358 e. The SMILES string of the molecule is CCc1[nH]c2cc(NC(=O)C3CC3c3ccccc3)cc3c2c1C=NNC3=O. The van der Waals surface area contributed by atoms with E-state index in [1.54, 1.807) is 12.3 Å². The second-order valence-electron chi connectivity index (χ2n) is 7.36. The zero-order valence-corrected chi connectivity index (χ0v) is 15.5. The maximum Gasteiger partial charge on any atom is 0.272 e. The van der Waals surface area contributed by atoms with E-state index in [2.05, 4.69) is 33.0 Å². The topological polar surface area (TPSA) is 86.3 Å². The van der Waals surface area contributed by atoms with E-state index in [1.165, 1.54) is 5.56 Å². The van der Waals surface area contributed by atoms with Gasteiger partial charge in [-0.2, -0.15) is 5.10 Å². The lowest BCUT2D eigenvalue weighted by atomic mass is 10.0. The Morgan fingerprint density at radius 2 is 2.07 bits per heavy atom. The van der Waals surface area contributed by atoms with Crippen LogP contribution >= 0.6 is 0 Å². The van der Waals surface area contributed by atoms with Crippen molar-refractivity contribution in [1.29, 1.82) is 0 Å². The molecule has 6 heteroatoms. The summed E-state index contributed by atoms with van der Waals surface area (Å²) in [6.07, 6.45) is 3.33. The number of amides is 2. The molecule has 2 atom stereocenters. The fourth-order valence-corrected chi connectivity index (χ4v) is 4.09. The molecule has 5 rings (SSSR count). The number of hydrogen-bond donors (Lipinski definition) is 3. The van der Waals surface area contributed by atoms with Crippen LogP contribution in [0.15, 0.2) is 47.6 Å². The van der Waals surface area contributed by atoms with Crippen LogP contribution in [0.3, 0.4) is 0 Å². The summed E-state index contributed by atoms with van der Waals surface area (Å²) in [4.78, 5) is 28.6. The van der Waals surface area contributed by atoms with Gasteiger partial charge in [-0.05, 0) is 36.5 Å². The van der Waals surface area contributed by atoms with Gasteiger partial charge in [0.25, 0.3) is 5.91 Å². The van der Waals surface area contributed by atoms with Crippen LogP contribution in [0.1, 0.15) is 46.4 Å². The van der Waals surface area contributed by atoms with Crippen LogP contribution in [-0.2, 0) is 11.2 Å². The predicted molar refractivity (Wildman–Crippen MR) is 109 cm³/mol. The van der Waals surface area contributed by atoms with Crippen molar-refractivity contribution in [2.75, 3.05) is 5.32 Å². The Morgan fingerprint density at radius 1 is 1.25 bits per heavy atom. The standard InChI is InChI=1S/C22H20N4O2/c1-2-18-17-11-23-26-22(28)16-8-13(9-19(25-18)20(16)17)24-21(27)15-10-14(15)12-6-4-3-5-7-12/h3-9,11,14-15,25H,2,10H2,1H3,(H,24,27)(H,26,28). The Balaban J connectivity index is 1.45. The molecule has 1 fully saturated rings. The lowest BCUT2D eigenvalue weighted by molar-refractivity contribution is -0.117. The molecule has 0 radical (unpaired) electrons. The minimum atomic E-state index is -0.272. The van der Waals surface area contributed by atoms with Crippen LogP contribution < -0.4 is 10.7 Å². The summed E-state index contributed by atoms with van der Waals surface area (Å²) >= 11 is 0. The van der Waals surface area contributed by atoms with Gasteiger partial charge in [0.1, 0.15) is 0 Å². The lowest BCUT2D eigenvalue weighted by Gasteiger charge is -2.08. The number of carbonyl (C=O) groups excluding carboxylic acids is 2. The van der Waals surface area contributed by atoms with Crippen LogP contribution in [0, 0.1) is 5.92 Å². The van der Waals surface area contributed by atoms with Gasteiger partial charge in [-0.1, -0.05) is 37.3 Å². The molecule has 3 aromatic rings. The van der Waals surface area contributed by atoms with Crippen LogP contribution in [0.2, 0.25) is 0 Å². The van der Waals surface area contributed by atoms with E-state index in [0.29, 0.717) is 11.3 Å². The lowest BCUT2D eigenvalue weighted by Crippen LogP contribution is -2.18. The number of aromatic nitrogens is 1. The van der Waals surface area contributed by atoms with Gasteiger partial charge < -0.3 is 10.3 Å². The first-order valence-corrected chi connectivity index (χ1v) is 9.53. The number of benzene rings is 2. The van der Waals surface area contributed by atoms with Crippen molar-refractivity contribution in [3.63, 3.8) is 0 Å². The Labute approximate surface area is 162 Å². The fraction of sp³-hybridized carbons (Fsp3) is 0.227. The number of anilines is 1. The maximum absolute atomic E-state index is 12.7. The molecule has 2 unspecified atom stereocenters. The molecule has 1 aromatic heterocycles. The molecule has 140 valence electrons. The second kappa shape index (κ2) is 6.34. The Kier molecular flexibility index (Phi) is 3.79. The number of hydrazone groups is 1. The van der Waals surface area contributed by atoms with Crippen molar-refractivity contribution in [2.45, 2.75) is 25.7 Å². The van der Waals surface area contributed by atoms with Gasteiger partial charge in [0.05, 0.1) is 11.8 Å². The molecule has 1 aliphatic heterocycles. The number of hydrogen-bond acceptors (Lipinski definition) is 3. The average Bonchev–Trinajstić information content (AvgIpc) is 3.46. The molecule has 2 amide bonds. The zero-order valence-electron chi connectivity index (χ0n) is 15.5. The molecule has 3 N–H and O–H groups in total. The van der Waals surface area contributed by atoms with Gasteiger partial charge in [0, 0.05) is 33.8 Å². The molecule has 0 spiro atoms. The van der Waals surface area contributed by atoms with Gasteiger partial charge in [0.15, 0.2) is 0 Å². The summed E-state index contributed by atoms with van der Waals surface area (Å²) < 4.78 is 0. The highest BCUT2D eigenvalue weighted by molar-refractivity contribution is 6.16. The third kappa shape index (κ3) is 2.69. The van der Waals surface area contributed by atoms with Gasteiger partial charge in [-0.15, -0.1) is 0 Å². The predicted octanol–water partition coefficient (Wildman–Crippen LogP) is 3.55. The van der Waals surface area contributed by atoms with E-state index < -0.39 is 0 Å². The molecule has 2 heterocycles. The van der Waals surface area contributed by atoms with Crippen molar-refractivity contribution < 1.29 is 9.59 Å². The molecule has 1 saturated carbocycles. The quantitative estimate of drug-likeness (QED) is 0.654. The first-order chi connectivity index (χ1) is 13.7. The summed E-state index contributed by atoms with van der Waals surface area (Å²) in [5.41, 5.74) is 7.66. The fourth-order valence-electron chi connectivity index (χ4n) is 4.09. The number of nitrogens with one attached hydrogen (secondary N) is 3. The number of aromatic amines is 1. The smallest absolute Gasteiger partial charge is 0.272 e. The Bertz CT molecular complexity index is 1130. The van der Waals surface area contributed by atoms with Crippen LogP contribution in [0.5, 0.6) is 0 Å². The Hall–Kier alpha value is -3.41. The van der Waals surface area contributed by atoms with Crippen molar-refractivity contribution in [3.05, 3.63) is 64.8 Å². The van der Waals surface area contributed by atoms with Crippen molar-refractivity contribution in [1.82, 2.24) is 10.4 Å². The molecule has 6 nitrogen and oxygen atoms in total. The summed E-state index contributed by atoms with van der Waals surface area (Å²) in [5.74, 6) is -0.0359. The minimum Gasteiger partial charge on any atom is -0.358 e. The van der Waals surface area contributed by atoms with E-state index in [4.69, 9.17) is 0 Å². The van der Waals surface area contributed by atoms with Crippen LogP contribution in [0.25, 0.3) is 10.9 Å². The van der Waals surface area contributed by atoms with E-state index >= 15 is 0 Å². The van der Waals surface area contributed by atoms with Crippen LogP contribution in [0.4, 0.5) is 5.69 Å². The first kappa shape index (κ1) is 16.7. The van der Waals surface area contributed by atoms with Gasteiger partial charge >= 0.3 is 0 Å². The maximum atomic E-state index is 12.7. The number of aryl methyl sites for hydroxylation is 1. The third-order valence-corrected chi connectivity index (χ3v) is 5.60. The number of H-pyrrole nitrogens is 1. The number of rotatable bonds is 4. The van der Waals surface area contributed by atoms with Crippen molar-refractivity contribution in [3.8, 4) is 0 Å². The van der Waals surface area contributed by atoms with E-state index in [-0.39, 0.29) is 23.7 Å². The second-order valence-corrected chi connectivity index (χ2v) is 7.36. The summed E-state index contributed by atoms with van der Waals surface area (Å²) in [5, 5.41) is 7.86. The molecule has 28 heavy (non-hydrogen) atoms. The molecule has 0 bridgehead atoms. The van der Waals surface area contributed by atoms with Crippen molar-refractivity contribution in [2.24, 2.45) is 11.0 Å². The molecule has 1 aliphatic carbocycles. The van der Waals surface area contributed by atoms with Crippen molar-refractivity contribution >= 4 is 34.6 Å². The third-order valence-electron chi connectivity index (χ3n) is 5.60. The monoisotopic (exact) mass is 372 g/mol. The molecule has 0 saturated heterocycles. The van der Waals surface area contributed by atoms with Gasteiger partial charge in [-0.25, -0.2) is 5.43 Å². The highest BCUT2D eigenvalue weighted by Crippen LogP contribution is 2.48. The normalized spacial score (nSPS) is 20.0. The highest BCUT2D eigenvalue weighted by Gasteiger charge is 2.43. The van der Waals surface area contributed by atoms with E-state index in [1.807, 2.05) is 31.2 Å². The average molecular weight is 372 g/mol. The minimum absolute atomic E-state index is 0.00632. The van der Waals surface area contributed by atoms with Gasteiger partial charge in [0.2, 0.25) is 5.91 Å². The molecule has 2 aliphatic rings. The summed E-state index contributed by atoms with van der Waals surface area (Å²) in [7, 11) is 0. The molecular formula is C22H20N4O2. The molecular weight excluding hydrogens is 352 g/mol. The van der Waals surface area contributed by atoms with E-state index in [9.17, 15) is 9.59 Å². The highest BCUT2D eigenvalue weighted by atomic mass is 16.2. The number of carbonyl (C=O) groups is 2.